The Kier molecular flexibility index (Phi) is 5.41. The Balaban J connectivity index is 1.65. The van der Waals surface area contributed by atoms with Crippen molar-refractivity contribution in [1.29, 1.82) is 0 Å². The maximum absolute atomic E-state index is 5.70. The smallest absolute Gasteiger partial charge is 0.0841 e. The molecule has 0 aromatic carbocycles. The Morgan fingerprint density at radius 1 is 0.625 bits per heavy atom. The molecule has 1 aliphatic carbocycles. The van der Waals surface area contributed by atoms with Gasteiger partial charge >= 0.3 is 0 Å². The topological polar surface area (TPSA) is 12.5 Å². The van der Waals surface area contributed by atoms with Gasteiger partial charge in [0.2, 0.25) is 0 Å². The molecule has 0 saturated carbocycles. The maximum Gasteiger partial charge on any atom is 0.0841 e. The van der Waals surface area contributed by atoms with E-state index in [0.29, 0.717) is 12.2 Å². The molecule has 2 rings (SSSR count). The lowest BCUT2D eigenvalue weighted by atomic mass is 10.1. The van der Waals surface area contributed by atoms with E-state index in [1.165, 1.54) is 70.6 Å². The Morgan fingerprint density at radius 3 is 1.75 bits per heavy atom. The molecule has 16 heavy (non-hydrogen) atoms. The predicted molar refractivity (Wildman–Crippen MR) is 68.6 cm³/mol. The number of epoxide rings is 1. The average Bonchev–Trinajstić information content (AvgIpc) is 3.02. The Bertz CT molecular complexity index is 209. The van der Waals surface area contributed by atoms with Crippen LogP contribution in [0, 0.1) is 0 Å². The van der Waals surface area contributed by atoms with Crippen LogP contribution >= 0.6 is 0 Å². The molecule has 0 aromatic rings. The summed E-state index contributed by atoms with van der Waals surface area (Å²) < 4.78 is 5.70. The lowest BCUT2D eigenvalue weighted by Gasteiger charge is -1.97. The van der Waals surface area contributed by atoms with Crippen LogP contribution in [0.1, 0.15) is 70.6 Å². The van der Waals surface area contributed by atoms with Crippen molar-refractivity contribution < 1.29 is 4.74 Å². The zero-order chi connectivity index (χ0) is 11.1. The largest absolute Gasteiger partial charge is 0.370 e. The van der Waals surface area contributed by atoms with E-state index in [1.807, 2.05) is 0 Å². The van der Waals surface area contributed by atoms with Crippen LogP contribution in [-0.2, 0) is 4.74 Å². The first-order chi connectivity index (χ1) is 7.97. The van der Waals surface area contributed by atoms with Crippen LogP contribution in [-0.4, -0.2) is 12.2 Å². The van der Waals surface area contributed by atoms with Crippen molar-refractivity contribution >= 4 is 0 Å². The van der Waals surface area contributed by atoms with Crippen LogP contribution in [0.4, 0.5) is 0 Å². The Morgan fingerprint density at radius 2 is 1.12 bits per heavy atom. The molecule has 0 bridgehead atoms. The molecule has 2 unspecified atom stereocenters. The first-order valence-corrected chi connectivity index (χ1v) is 7.27. The summed E-state index contributed by atoms with van der Waals surface area (Å²) in [4.78, 5) is 0. The molecule has 1 heteroatoms. The monoisotopic (exact) mass is 222 g/mol. The van der Waals surface area contributed by atoms with Crippen LogP contribution in [0.25, 0.3) is 0 Å². The highest BCUT2D eigenvalue weighted by atomic mass is 16.6. The second-order valence-corrected chi connectivity index (χ2v) is 5.31. The van der Waals surface area contributed by atoms with Gasteiger partial charge in [-0.05, 0) is 38.5 Å². The van der Waals surface area contributed by atoms with Crippen molar-refractivity contribution in [3.05, 3.63) is 12.2 Å². The van der Waals surface area contributed by atoms with Gasteiger partial charge in [0.05, 0.1) is 12.2 Å². The van der Waals surface area contributed by atoms with Crippen molar-refractivity contribution in [3.63, 3.8) is 0 Å². The zero-order valence-corrected chi connectivity index (χ0v) is 10.5. The Labute approximate surface area is 100 Å². The SMILES string of the molecule is C1=CCCCCCC2OC2CCCCCC1. The van der Waals surface area contributed by atoms with E-state index in [0.717, 1.165) is 0 Å². The molecule has 1 nitrogen and oxygen atoms in total. The lowest BCUT2D eigenvalue weighted by molar-refractivity contribution is 0.348. The normalized spacial score (nSPS) is 33.5. The highest BCUT2D eigenvalue weighted by molar-refractivity contribution is 4.85. The number of ether oxygens (including phenoxy) is 1. The third-order valence-electron chi connectivity index (χ3n) is 3.82. The van der Waals surface area contributed by atoms with Crippen molar-refractivity contribution in [2.24, 2.45) is 0 Å². The number of hydrogen-bond acceptors (Lipinski definition) is 1. The summed E-state index contributed by atoms with van der Waals surface area (Å²) in [6.07, 6.45) is 21.0. The van der Waals surface area contributed by atoms with Crippen LogP contribution in [0.2, 0.25) is 0 Å². The third kappa shape index (κ3) is 4.69. The quantitative estimate of drug-likeness (QED) is 0.430. The van der Waals surface area contributed by atoms with Gasteiger partial charge in [0.25, 0.3) is 0 Å². The molecule has 92 valence electrons. The molecule has 1 fully saturated rings. The highest BCUT2D eigenvalue weighted by Gasteiger charge is 2.36. The van der Waals surface area contributed by atoms with Crippen molar-refractivity contribution in [2.45, 2.75) is 82.8 Å². The van der Waals surface area contributed by atoms with E-state index in [4.69, 9.17) is 4.74 Å². The minimum absolute atomic E-state index is 0.640. The minimum Gasteiger partial charge on any atom is -0.370 e. The van der Waals surface area contributed by atoms with E-state index in [2.05, 4.69) is 12.2 Å². The first kappa shape index (κ1) is 12.2. The second kappa shape index (κ2) is 7.11. The van der Waals surface area contributed by atoms with Crippen molar-refractivity contribution in [2.75, 3.05) is 0 Å². The van der Waals surface area contributed by atoms with E-state index in [1.54, 1.807) is 0 Å². The molecule has 2 aliphatic rings. The number of fused-ring (bicyclic) bond motifs is 1. The van der Waals surface area contributed by atoms with E-state index >= 15 is 0 Å². The standard InChI is InChI=1S/C15H26O/c1-2-4-6-8-10-12-14-15(16-14)13-11-9-7-5-3-1/h1-2,14-15H,3-13H2. The second-order valence-electron chi connectivity index (χ2n) is 5.31. The molecule has 2 atom stereocenters. The molecule has 0 radical (unpaired) electrons. The van der Waals surface area contributed by atoms with Gasteiger partial charge in [-0.25, -0.2) is 0 Å². The van der Waals surface area contributed by atoms with Crippen LogP contribution in [0.3, 0.4) is 0 Å². The van der Waals surface area contributed by atoms with Crippen LogP contribution in [0.5, 0.6) is 0 Å². The molecule has 0 amide bonds. The van der Waals surface area contributed by atoms with Gasteiger partial charge in [0, 0.05) is 0 Å². The molecule has 0 spiro atoms. The third-order valence-corrected chi connectivity index (χ3v) is 3.82. The molecule has 1 heterocycles. The average molecular weight is 222 g/mol. The summed E-state index contributed by atoms with van der Waals surface area (Å²) in [5, 5.41) is 0. The van der Waals surface area contributed by atoms with Gasteiger partial charge in [0.15, 0.2) is 0 Å². The zero-order valence-electron chi connectivity index (χ0n) is 10.5. The molecular weight excluding hydrogens is 196 g/mol. The van der Waals surface area contributed by atoms with Crippen LogP contribution < -0.4 is 0 Å². The molecule has 1 aliphatic heterocycles. The van der Waals surface area contributed by atoms with E-state index < -0.39 is 0 Å². The summed E-state index contributed by atoms with van der Waals surface area (Å²) in [6, 6.07) is 0. The molecular formula is C15H26O. The fourth-order valence-electron chi connectivity index (χ4n) is 2.67. The highest BCUT2D eigenvalue weighted by Crippen LogP contribution is 2.31. The summed E-state index contributed by atoms with van der Waals surface area (Å²) in [5.74, 6) is 0. The van der Waals surface area contributed by atoms with Gasteiger partial charge < -0.3 is 4.74 Å². The van der Waals surface area contributed by atoms with Gasteiger partial charge in [-0.15, -0.1) is 0 Å². The van der Waals surface area contributed by atoms with Gasteiger partial charge in [-0.3, -0.25) is 0 Å². The van der Waals surface area contributed by atoms with Gasteiger partial charge in [-0.1, -0.05) is 44.3 Å². The van der Waals surface area contributed by atoms with Crippen LogP contribution in [0.15, 0.2) is 12.2 Å². The van der Waals surface area contributed by atoms with Gasteiger partial charge in [0.1, 0.15) is 0 Å². The summed E-state index contributed by atoms with van der Waals surface area (Å²) in [7, 11) is 0. The fraction of sp³-hybridized carbons (Fsp3) is 0.867. The lowest BCUT2D eigenvalue weighted by Crippen LogP contribution is -1.94. The number of allylic oxidation sites excluding steroid dienone is 2. The van der Waals surface area contributed by atoms with Crippen molar-refractivity contribution in [1.82, 2.24) is 0 Å². The van der Waals surface area contributed by atoms with Crippen molar-refractivity contribution in [3.8, 4) is 0 Å². The molecule has 1 saturated heterocycles. The predicted octanol–water partition coefficient (Wildman–Crippen LogP) is 4.61. The summed E-state index contributed by atoms with van der Waals surface area (Å²) >= 11 is 0. The van der Waals surface area contributed by atoms with Gasteiger partial charge in [-0.2, -0.15) is 0 Å². The molecule has 0 aromatic heterocycles. The molecule has 0 N–H and O–H groups in total. The summed E-state index contributed by atoms with van der Waals surface area (Å²) in [5.41, 5.74) is 0. The number of rotatable bonds is 0. The van der Waals surface area contributed by atoms with E-state index in [9.17, 15) is 0 Å². The maximum atomic E-state index is 5.70. The Hall–Kier alpha value is -0.300. The van der Waals surface area contributed by atoms with E-state index in [-0.39, 0.29) is 0 Å². The number of hydrogen-bond donors (Lipinski definition) is 0. The minimum atomic E-state index is 0.640. The fourth-order valence-corrected chi connectivity index (χ4v) is 2.67. The first-order valence-electron chi connectivity index (χ1n) is 7.27. The summed E-state index contributed by atoms with van der Waals surface area (Å²) in [6.45, 7) is 0.